The zero-order valence-electron chi connectivity index (χ0n) is 13.2. The number of rotatable bonds is 3. The number of halogens is 1. The Kier molecular flexibility index (Phi) is 5.14. The quantitative estimate of drug-likeness (QED) is 0.765. The summed E-state index contributed by atoms with van der Waals surface area (Å²) in [5.74, 6) is 0.769. The van der Waals surface area contributed by atoms with E-state index in [9.17, 15) is 0 Å². The molecule has 0 bridgehead atoms. The first-order chi connectivity index (χ1) is 9.38. The zero-order valence-corrected chi connectivity index (χ0v) is 14.0. The van der Waals surface area contributed by atoms with Gasteiger partial charge in [0.25, 0.3) is 0 Å². The van der Waals surface area contributed by atoms with Crippen molar-refractivity contribution in [1.82, 2.24) is 5.32 Å². The summed E-state index contributed by atoms with van der Waals surface area (Å²) in [4.78, 5) is 0. The predicted octanol–water partition coefficient (Wildman–Crippen LogP) is 5.60. The molecule has 0 heterocycles. The molecule has 112 valence electrons. The van der Waals surface area contributed by atoms with Crippen molar-refractivity contribution in [2.24, 2.45) is 11.3 Å². The van der Waals surface area contributed by atoms with E-state index in [1.807, 2.05) is 12.1 Å². The molecule has 1 aromatic rings. The van der Waals surface area contributed by atoms with E-state index >= 15 is 0 Å². The van der Waals surface area contributed by atoms with Crippen LogP contribution in [0.3, 0.4) is 0 Å². The van der Waals surface area contributed by atoms with E-state index in [4.69, 9.17) is 11.6 Å². The highest BCUT2D eigenvalue weighted by molar-refractivity contribution is 6.30. The summed E-state index contributed by atoms with van der Waals surface area (Å²) in [6, 6.07) is 9.26. The molecule has 3 atom stereocenters. The van der Waals surface area contributed by atoms with E-state index in [2.05, 4.69) is 45.1 Å². The third-order valence-electron chi connectivity index (χ3n) is 4.71. The number of benzene rings is 1. The Labute approximate surface area is 129 Å². The second-order valence-electron chi connectivity index (χ2n) is 7.30. The molecule has 1 fully saturated rings. The molecule has 0 saturated heterocycles. The molecule has 2 heteroatoms. The molecular formula is C18H28ClN. The first-order valence-electron chi connectivity index (χ1n) is 7.89. The summed E-state index contributed by atoms with van der Waals surface area (Å²) >= 11 is 5.97. The third-order valence-corrected chi connectivity index (χ3v) is 4.96. The average Bonchev–Trinajstić information content (AvgIpc) is 2.38. The number of hydrogen-bond donors (Lipinski definition) is 1. The summed E-state index contributed by atoms with van der Waals surface area (Å²) in [5, 5.41) is 4.68. The second kappa shape index (κ2) is 6.49. The minimum atomic E-state index is 0.387. The van der Waals surface area contributed by atoms with Crippen molar-refractivity contribution in [2.45, 2.75) is 65.5 Å². The van der Waals surface area contributed by atoms with Crippen LogP contribution in [0.2, 0.25) is 5.02 Å². The van der Waals surface area contributed by atoms with Crippen molar-refractivity contribution in [2.75, 3.05) is 0 Å². The van der Waals surface area contributed by atoms with Gasteiger partial charge in [0.1, 0.15) is 0 Å². The third kappa shape index (κ3) is 3.99. The lowest BCUT2D eigenvalue weighted by Crippen LogP contribution is -2.45. The monoisotopic (exact) mass is 293 g/mol. The van der Waals surface area contributed by atoms with E-state index < -0.39 is 0 Å². The summed E-state index contributed by atoms with van der Waals surface area (Å²) in [6.07, 6.45) is 5.40. The van der Waals surface area contributed by atoms with Crippen LogP contribution in [0.15, 0.2) is 24.3 Å². The average molecular weight is 294 g/mol. The SMILES string of the molecule is C[C@H](NC1CCCCC1C(C)(C)C)c1ccc(Cl)cc1. The van der Waals surface area contributed by atoms with Crippen molar-refractivity contribution in [1.29, 1.82) is 0 Å². The number of nitrogens with one attached hydrogen (secondary N) is 1. The van der Waals surface area contributed by atoms with Gasteiger partial charge in [-0.2, -0.15) is 0 Å². The van der Waals surface area contributed by atoms with Crippen LogP contribution in [0.5, 0.6) is 0 Å². The maximum absolute atomic E-state index is 5.97. The van der Waals surface area contributed by atoms with Crippen LogP contribution in [0.1, 0.15) is 65.0 Å². The van der Waals surface area contributed by atoms with Crippen molar-refractivity contribution in [3.05, 3.63) is 34.9 Å². The van der Waals surface area contributed by atoms with E-state index in [1.165, 1.54) is 31.2 Å². The molecule has 1 aliphatic rings. The van der Waals surface area contributed by atoms with Crippen molar-refractivity contribution in [3.8, 4) is 0 Å². The van der Waals surface area contributed by atoms with Gasteiger partial charge in [-0.25, -0.2) is 0 Å². The molecule has 0 aliphatic heterocycles. The van der Waals surface area contributed by atoms with Crippen LogP contribution in [0, 0.1) is 11.3 Å². The maximum atomic E-state index is 5.97. The van der Waals surface area contributed by atoms with Crippen LogP contribution < -0.4 is 5.32 Å². The van der Waals surface area contributed by atoms with E-state index in [0.29, 0.717) is 17.5 Å². The molecule has 2 unspecified atom stereocenters. The Morgan fingerprint density at radius 2 is 1.70 bits per heavy atom. The van der Waals surface area contributed by atoms with Crippen LogP contribution in [-0.4, -0.2) is 6.04 Å². The van der Waals surface area contributed by atoms with Crippen LogP contribution in [0.25, 0.3) is 0 Å². The highest BCUT2D eigenvalue weighted by atomic mass is 35.5. The smallest absolute Gasteiger partial charge is 0.0406 e. The zero-order chi connectivity index (χ0) is 14.8. The van der Waals surface area contributed by atoms with Crippen molar-refractivity contribution in [3.63, 3.8) is 0 Å². The molecule has 1 N–H and O–H groups in total. The van der Waals surface area contributed by atoms with Crippen LogP contribution in [0.4, 0.5) is 0 Å². The fourth-order valence-electron chi connectivity index (χ4n) is 3.54. The minimum absolute atomic E-state index is 0.387. The van der Waals surface area contributed by atoms with Gasteiger partial charge in [0.15, 0.2) is 0 Å². The summed E-state index contributed by atoms with van der Waals surface area (Å²) in [6.45, 7) is 9.40. The Hall–Kier alpha value is -0.530. The normalized spacial score (nSPS) is 25.4. The van der Waals surface area contributed by atoms with Gasteiger partial charge in [-0.05, 0) is 48.8 Å². The largest absolute Gasteiger partial charge is 0.307 e. The lowest BCUT2D eigenvalue weighted by atomic mass is 9.69. The van der Waals surface area contributed by atoms with Gasteiger partial charge in [-0.15, -0.1) is 0 Å². The van der Waals surface area contributed by atoms with Gasteiger partial charge in [0, 0.05) is 17.1 Å². The molecule has 1 aromatic carbocycles. The standard InChI is InChI=1S/C18H28ClN/c1-13(14-9-11-15(19)12-10-14)20-17-8-6-5-7-16(17)18(2,3)4/h9-13,16-17,20H,5-8H2,1-4H3/t13-,16?,17?/m0/s1. The fraction of sp³-hybridized carbons (Fsp3) is 0.667. The predicted molar refractivity (Wildman–Crippen MR) is 88.2 cm³/mol. The van der Waals surface area contributed by atoms with Crippen molar-refractivity contribution < 1.29 is 0 Å². The van der Waals surface area contributed by atoms with E-state index in [1.54, 1.807) is 0 Å². The Morgan fingerprint density at radius 3 is 2.30 bits per heavy atom. The highest BCUT2D eigenvalue weighted by Gasteiger charge is 2.34. The summed E-state index contributed by atoms with van der Waals surface area (Å²) in [5.41, 5.74) is 1.71. The van der Waals surface area contributed by atoms with Gasteiger partial charge in [-0.3, -0.25) is 0 Å². The summed E-state index contributed by atoms with van der Waals surface area (Å²) in [7, 11) is 0. The molecular weight excluding hydrogens is 266 g/mol. The van der Waals surface area contributed by atoms with Crippen molar-refractivity contribution >= 4 is 11.6 Å². The minimum Gasteiger partial charge on any atom is -0.307 e. The number of hydrogen-bond acceptors (Lipinski definition) is 1. The molecule has 0 spiro atoms. The Morgan fingerprint density at radius 1 is 1.10 bits per heavy atom. The second-order valence-corrected chi connectivity index (χ2v) is 7.74. The molecule has 1 aliphatic carbocycles. The lowest BCUT2D eigenvalue weighted by molar-refractivity contribution is 0.124. The van der Waals surface area contributed by atoms with E-state index in [-0.39, 0.29) is 0 Å². The first kappa shape index (κ1) is 15.9. The summed E-state index contributed by atoms with van der Waals surface area (Å²) < 4.78 is 0. The van der Waals surface area contributed by atoms with Gasteiger partial charge in [-0.1, -0.05) is 57.3 Å². The molecule has 1 nitrogen and oxygen atoms in total. The van der Waals surface area contributed by atoms with Gasteiger partial charge >= 0.3 is 0 Å². The Bertz CT molecular complexity index is 418. The molecule has 0 aromatic heterocycles. The Balaban J connectivity index is 2.05. The van der Waals surface area contributed by atoms with Crippen LogP contribution >= 0.6 is 11.6 Å². The van der Waals surface area contributed by atoms with E-state index in [0.717, 1.165) is 10.9 Å². The van der Waals surface area contributed by atoms with Gasteiger partial charge < -0.3 is 5.32 Å². The van der Waals surface area contributed by atoms with Gasteiger partial charge in [0.2, 0.25) is 0 Å². The molecule has 20 heavy (non-hydrogen) atoms. The highest BCUT2D eigenvalue weighted by Crippen LogP contribution is 2.38. The fourth-order valence-corrected chi connectivity index (χ4v) is 3.66. The van der Waals surface area contributed by atoms with Gasteiger partial charge in [0.05, 0.1) is 0 Å². The maximum Gasteiger partial charge on any atom is 0.0406 e. The topological polar surface area (TPSA) is 12.0 Å². The molecule has 0 radical (unpaired) electrons. The molecule has 0 amide bonds. The first-order valence-corrected chi connectivity index (χ1v) is 8.27. The molecule has 2 rings (SSSR count). The van der Waals surface area contributed by atoms with Crippen LogP contribution in [-0.2, 0) is 0 Å². The molecule has 1 saturated carbocycles. The lowest BCUT2D eigenvalue weighted by Gasteiger charge is -2.42.